The summed E-state index contributed by atoms with van der Waals surface area (Å²) in [6, 6.07) is 29.3. The molecule has 5 aromatic rings. The van der Waals surface area contributed by atoms with E-state index in [1.165, 1.54) is 25.8 Å². The van der Waals surface area contributed by atoms with E-state index in [0.717, 1.165) is 48.4 Å². The number of rotatable bonds is 11. The first-order chi connectivity index (χ1) is 24.1. The molecule has 2 aliphatic rings. The smallest absolute Gasteiger partial charge is 0.258 e. The second-order valence-electron chi connectivity index (χ2n) is 11.9. The van der Waals surface area contributed by atoms with Crippen molar-refractivity contribution in [3.8, 4) is 11.5 Å². The summed E-state index contributed by atoms with van der Waals surface area (Å²) in [7, 11) is 0. The zero-order valence-corrected chi connectivity index (χ0v) is 30.5. The average molecular weight is 731 g/mol. The number of morpholine rings is 1. The molecule has 2 atom stereocenters. The number of aromatic nitrogens is 2. The number of halogens is 1. The number of aliphatic imine (C=N–C) groups is 1. The van der Waals surface area contributed by atoms with Crippen LogP contribution in [0.1, 0.15) is 34.0 Å². The minimum absolute atomic E-state index is 0.145. The van der Waals surface area contributed by atoms with Gasteiger partial charge in [-0.3, -0.25) is 9.89 Å². The summed E-state index contributed by atoms with van der Waals surface area (Å²) < 4.78 is 11.8. The van der Waals surface area contributed by atoms with E-state index in [9.17, 15) is 0 Å². The lowest BCUT2D eigenvalue weighted by Gasteiger charge is -2.36. The topological polar surface area (TPSA) is 79.0 Å². The van der Waals surface area contributed by atoms with Crippen LogP contribution in [0.3, 0.4) is 0 Å². The number of thioether (sulfide) groups is 2. The van der Waals surface area contributed by atoms with Crippen LogP contribution in [0.2, 0.25) is 5.02 Å². The number of hydrogen-bond donors (Lipinski definition) is 1. The van der Waals surface area contributed by atoms with Crippen LogP contribution in [-0.4, -0.2) is 77.2 Å². The van der Waals surface area contributed by atoms with E-state index in [0.29, 0.717) is 38.0 Å². The summed E-state index contributed by atoms with van der Waals surface area (Å²) >= 11 is 11.6. The molecular formula is C37H39ClN6O2S3. The Morgan fingerprint density at radius 3 is 2.67 bits per heavy atom. The van der Waals surface area contributed by atoms with Crippen LogP contribution in [-0.2, 0) is 17.7 Å². The molecule has 0 spiro atoms. The van der Waals surface area contributed by atoms with Crippen molar-refractivity contribution >= 4 is 52.4 Å². The highest BCUT2D eigenvalue weighted by Crippen LogP contribution is 2.32. The molecule has 0 radical (unpaired) electrons. The minimum Gasteiger partial charge on any atom is -0.366 e. The summed E-state index contributed by atoms with van der Waals surface area (Å²) in [4.78, 5) is 18.9. The molecule has 2 aliphatic heterocycles. The van der Waals surface area contributed by atoms with Gasteiger partial charge >= 0.3 is 0 Å². The van der Waals surface area contributed by atoms with Crippen molar-refractivity contribution in [2.75, 3.05) is 51.3 Å². The summed E-state index contributed by atoms with van der Waals surface area (Å²) in [5.74, 6) is 2.79. The average Bonchev–Trinajstić information content (AvgIpc) is 3.85. The maximum atomic E-state index is 6.19. The molecule has 2 aromatic heterocycles. The Bertz CT molecular complexity index is 1820. The number of ether oxygens (including phenoxy) is 1. The van der Waals surface area contributed by atoms with Gasteiger partial charge in [-0.15, -0.1) is 34.9 Å². The minimum atomic E-state index is -0.334. The van der Waals surface area contributed by atoms with E-state index >= 15 is 0 Å². The van der Waals surface area contributed by atoms with Crippen molar-refractivity contribution in [3.63, 3.8) is 0 Å². The lowest BCUT2D eigenvalue weighted by molar-refractivity contribution is -0.0139. The van der Waals surface area contributed by atoms with Crippen molar-refractivity contribution in [3.05, 3.63) is 117 Å². The molecule has 254 valence electrons. The van der Waals surface area contributed by atoms with Gasteiger partial charge in [0, 0.05) is 57.2 Å². The van der Waals surface area contributed by atoms with Crippen molar-refractivity contribution in [2.45, 2.75) is 34.9 Å². The highest BCUT2D eigenvalue weighted by Gasteiger charge is 2.30. The fraction of sp³-hybridized carbons (Fsp3) is 0.324. The molecule has 2 unspecified atom stereocenters. The van der Waals surface area contributed by atoms with E-state index in [-0.39, 0.29) is 12.1 Å². The van der Waals surface area contributed by atoms with Gasteiger partial charge in [0.1, 0.15) is 6.10 Å². The molecule has 0 bridgehead atoms. The van der Waals surface area contributed by atoms with E-state index in [1.54, 1.807) is 23.5 Å². The van der Waals surface area contributed by atoms with Gasteiger partial charge in [0.2, 0.25) is 5.82 Å². The van der Waals surface area contributed by atoms with Crippen LogP contribution >= 0.6 is 46.5 Å². The molecule has 1 saturated heterocycles. The number of guanidine groups is 1. The quantitative estimate of drug-likeness (QED) is 0.0628. The Labute approximate surface area is 305 Å². The third-order valence-corrected chi connectivity index (χ3v) is 11.8. The summed E-state index contributed by atoms with van der Waals surface area (Å²) in [6.07, 6.45) is 2.86. The van der Waals surface area contributed by atoms with Crippen LogP contribution in [0, 0.1) is 0 Å². The first-order valence-corrected chi connectivity index (χ1v) is 20.0. The molecule has 8 nitrogen and oxygen atoms in total. The van der Waals surface area contributed by atoms with Crippen molar-refractivity contribution in [2.24, 2.45) is 4.99 Å². The Balaban J connectivity index is 1.11. The van der Waals surface area contributed by atoms with Gasteiger partial charge in [0.15, 0.2) is 5.96 Å². The van der Waals surface area contributed by atoms with Gasteiger partial charge in [0.05, 0.1) is 25.7 Å². The van der Waals surface area contributed by atoms with Crippen molar-refractivity contribution in [1.82, 2.24) is 25.3 Å². The third kappa shape index (κ3) is 8.71. The molecular weight excluding hydrogens is 692 g/mol. The molecule has 12 heteroatoms. The standard InChI is InChI=1S/C37H39ClN6O2S3/c1-47-30-11-7-26(8-12-30)32(43-18-15-34-28(24-43)16-21-49-34)23-40-37(39-17-22-48-31-13-9-29(38)10-14-31)44-19-20-45-33(25-44)35-41-36(46-42-35)27-5-3-2-4-6-27/h2-14,16,21,32-33H,15,17-20,22-25H2,1H3,(H,39,40). The molecule has 0 aliphatic carbocycles. The van der Waals surface area contributed by atoms with Gasteiger partial charge in [-0.2, -0.15) is 4.98 Å². The predicted octanol–water partition coefficient (Wildman–Crippen LogP) is 8.08. The van der Waals surface area contributed by atoms with Gasteiger partial charge < -0.3 is 19.5 Å². The number of fused-ring (bicyclic) bond motifs is 1. The zero-order valence-electron chi connectivity index (χ0n) is 27.3. The number of hydrogen-bond acceptors (Lipinski definition) is 9. The van der Waals surface area contributed by atoms with Gasteiger partial charge in [0.25, 0.3) is 5.89 Å². The first kappa shape index (κ1) is 34.1. The van der Waals surface area contributed by atoms with Crippen molar-refractivity contribution in [1.29, 1.82) is 0 Å². The number of nitrogens with zero attached hydrogens (tertiary/aromatic N) is 5. The molecule has 49 heavy (non-hydrogen) atoms. The molecule has 7 rings (SSSR count). The molecule has 1 N–H and O–H groups in total. The number of nitrogens with one attached hydrogen (secondary N) is 1. The third-order valence-electron chi connectivity index (χ3n) is 8.78. The van der Waals surface area contributed by atoms with Crippen LogP contribution in [0.4, 0.5) is 0 Å². The molecule has 1 fully saturated rings. The van der Waals surface area contributed by atoms with E-state index in [2.05, 4.69) is 74.4 Å². The second kappa shape index (κ2) is 16.6. The van der Waals surface area contributed by atoms with Gasteiger partial charge in [-0.05, 0) is 83.8 Å². The Kier molecular flexibility index (Phi) is 11.6. The molecule has 3 aromatic carbocycles. The van der Waals surface area contributed by atoms with Crippen molar-refractivity contribution < 1.29 is 9.26 Å². The maximum Gasteiger partial charge on any atom is 0.258 e. The highest BCUT2D eigenvalue weighted by molar-refractivity contribution is 7.99. The predicted molar refractivity (Wildman–Crippen MR) is 202 cm³/mol. The van der Waals surface area contributed by atoms with Crippen LogP contribution in [0.15, 0.2) is 110 Å². The SMILES string of the molecule is CSc1ccc(C(CN=C(NCCSc2ccc(Cl)cc2)N2CCOC(c3noc(-c4ccccc4)n3)C2)N2CCc3sccc3C2)cc1. The Morgan fingerprint density at radius 2 is 1.86 bits per heavy atom. The van der Waals surface area contributed by atoms with E-state index in [1.807, 2.05) is 53.8 Å². The lowest BCUT2D eigenvalue weighted by atomic mass is 10.0. The van der Waals surface area contributed by atoms with E-state index < -0.39 is 0 Å². The summed E-state index contributed by atoms with van der Waals surface area (Å²) in [5.41, 5.74) is 3.62. The molecule has 0 saturated carbocycles. The van der Waals surface area contributed by atoms with E-state index in [4.69, 9.17) is 30.8 Å². The fourth-order valence-corrected chi connectivity index (χ4v) is 8.35. The zero-order chi connectivity index (χ0) is 33.4. The highest BCUT2D eigenvalue weighted by atomic mass is 35.5. The van der Waals surface area contributed by atoms with Crippen LogP contribution in [0.25, 0.3) is 11.5 Å². The fourth-order valence-electron chi connectivity index (χ4n) is 6.16. The Morgan fingerprint density at radius 1 is 1.04 bits per heavy atom. The molecule has 4 heterocycles. The second-order valence-corrected chi connectivity index (χ2v) is 15.4. The van der Waals surface area contributed by atoms with Crippen LogP contribution < -0.4 is 5.32 Å². The lowest BCUT2D eigenvalue weighted by Crippen LogP contribution is -2.49. The number of thiophene rings is 1. The summed E-state index contributed by atoms with van der Waals surface area (Å²) in [5, 5.41) is 11.0. The monoisotopic (exact) mass is 730 g/mol. The molecule has 0 amide bonds. The summed E-state index contributed by atoms with van der Waals surface area (Å²) in [6.45, 7) is 5.15. The first-order valence-electron chi connectivity index (χ1n) is 16.5. The van der Waals surface area contributed by atoms with Crippen LogP contribution in [0.5, 0.6) is 0 Å². The largest absolute Gasteiger partial charge is 0.366 e. The normalized spacial score (nSPS) is 17.6. The Hall–Kier alpha value is -3.32. The van der Waals surface area contributed by atoms with Gasteiger partial charge in [-0.25, -0.2) is 0 Å². The van der Waals surface area contributed by atoms with Gasteiger partial charge in [-0.1, -0.05) is 47.1 Å². The number of benzene rings is 3. The maximum absolute atomic E-state index is 6.19.